The van der Waals surface area contributed by atoms with E-state index in [0.717, 1.165) is 35.8 Å². The van der Waals surface area contributed by atoms with Gasteiger partial charge in [-0.3, -0.25) is 14.7 Å². The monoisotopic (exact) mass is 345 g/mol. The molecule has 1 fully saturated rings. The standard InChI is InChI=1S/C17H19N3O3S/c21-16-18-12-6-5-11(9-13(12)23-16)15-14(24-17(22)19-15)10-20-7-3-1-2-4-8-20/h5-6,9H,1-4,7-8,10H2,(H,18,21)(H,19,22). The van der Waals surface area contributed by atoms with Crippen LogP contribution in [0.5, 0.6) is 0 Å². The number of nitrogens with zero attached hydrogens (tertiary/aromatic N) is 1. The molecule has 2 N–H and O–H groups in total. The molecule has 7 heteroatoms. The summed E-state index contributed by atoms with van der Waals surface area (Å²) >= 11 is 1.27. The molecular formula is C17H19N3O3S. The van der Waals surface area contributed by atoms with E-state index >= 15 is 0 Å². The van der Waals surface area contributed by atoms with Crippen LogP contribution in [0.1, 0.15) is 30.6 Å². The Morgan fingerprint density at radius 2 is 1.88 bits per heavy atom. The van der Waals surface area contributed by atoms with Crippen LogP contribution in [0.15, 0.2) is 32.2 Å². The fourth-order valence-corrected chi connectivity index (χ4v) is 4.20. The van der Waals surface area contributed by atoms with Gasteiger partial charge in [0.2, 0.25) is 0 Å². The maximum absolute atomic E-state index is 11.9. The molecule has 2 aromatic heterocycles. The number of oxazole rings is 1. The van der Waals surface area contributed by atoms with Crippen LogP contribution in [-0.2, 0) is 6.54 Å². The van der Waals surface area contributed by atoms with Crippen molar-refractivity contribution in [1.29, 1.82) is 0 Å². The SMILES string of the molecule is O=c1[nH]c2ccc(-c3[nH]c(=O)sc3CN3CCCCCC3)cc2o1. The van der Waals surface area contributed by atoms with Crippen molar-refractivity contribution in [2.24, 2.45) is 0 Å². The first-order chi connectivity index (χ1) is 11.7. The van der Waals surface area contributed by atoms with Gasteiger partial charge in [0.1, 0.15) is 0 Å². The van der Waals surface area contributed by atoms with Gasteiger partial charge in [0.05, 0.1) is 11.2 Å². The quantitative estimate of drug-likeness (QED) is 0.765. The molecule has 3 heterocycles. The molecule has 0 aliphatic carbocycles. The summed E-state index contributed by atoms with van der Waals surface area (Å²) in [5, 5.41) is 0. The zero-order valence-electron chi connectivity index (χ0n) is 13.3. The third-order valence-corrected chi connectivity index (χ3v) is 5.36. The predicted molar refractivity (Wildman–Crippen MR) is 94.5 cm³/mol. The second-order valence-electron chi connectivity index (χ2n) is 6.23. The van der Waals surface area contributed by atoms with Crippen LogP contribution >= 0.6 is 11.3 Å². The van der Waals surface area contributed by atoms with Gasteiger partial charge in [0.25, 0.3) is 0 Å². The summed E-state index contributed by atoms with van der Waals surface area (Å²) in [6, 6.07) is 5.51. The summed E-state index contributed by atoms with van der Waals surface area (Å²) in [6.07, 6.45) is 5.01. The second-order valence-corrected chi connectivity index (χ2v) is 7.30. The van der Waals surface area contributed by atoms with Crippen molar-refractivity contribution >= 4 is 22.4 Å². The smallest absolute Gasteiger partial charge is 0.408 e. The first-order valence-corrected chi connectivity index (χ1v) is 9.08. The first-order valence-electron chi connectivity index (χ1n) is 8.27. The fraction of sp³-hybridized carbons (Fsp3) is 0.412. The number of nitrogens with one attached hydrogen (secondary N) is 2. The van der Waals surface area contributed by atoms with Gasteiger partial charge >= 0.3 is 10.6 Å². The van der Waals surface area contributed by atoms with Crippen molar-refractivity contribution in [1.82, 2.24) is 14.9 Å². The van der Waals surface area contributed by atoms with Crippen LogP contribution in [0.3, 0.4) is 0 Å². The summed E-state index contributed by atoms with van der Waals surface area (Å²) in [7, 11) is 0. The van der Waals surface area contributed by atoms with Crippen LogP contribution in [0.4, 0.5) is 0 Å². The summed E-state index contributed by atoms with van der Waals surface area (Å²) in [4.78, 5) is 32.2. The molecule has 0 atom stereocenters. The Bertz CT molecular complexity index is 957. The molecule has 0 spiro atoms. The Labute approximate surface area is 142 Å². The zero-order chi connectivity index (χ0) is 16.5. The van der Waals surface area contributed by atoms with E-state index in [2.05, 4.69) is 14.9 Å². The topological polar surface area (TPSA) is 82.1 Å². The highest BCUT2D eigenvalue weighted by Crippen LogP contribution is 2.27. The molecule has 1 aliphatic heterocycles. The van der Waals surface area contributed by atoms with Gasteiger partial charge in [0, 0.05) is 17.0 Å². The molecule has 126 valence electrons. The molecule has 0 unspecified atom stereocenters. The number of H-pyrrole nitrogens is 2. The second kappa shape index (κ2) is 6.41. The Morgan fingerprint density at radius 3 is 2.67 bits per heavy atom. The molecule has 1 aromatic carbocycles. The lowest BCUT2D eigenvalue weighted by Gasteiger charge is -2.19. The fourth-order valence-electron chi connectivity index (χ4n) is 3.30. The molecule has 1 saturated heterocycles. The van der Waals surface area contributed by atoms with E-state index in [1.807, 2.05) is 6.07 Å². The van der Waals surface area contributed by atoms with Gasteiger partial charge in [-0.1, -0.05) is 30.2 Å². The lowest BCUT2D eigenvalue weighted by molar-refractivity contribution is 0.279. The lowest BCUT2D eigenvalue weighted by Crippen LogP contribution is -2.23. The van der Waals surface area contributed by atoms with Crippen LogP contribution in [-0.4, -0.2) is 28.0 Å². The number of likely N-dealkylation sites (tertiary alicyclic amines) is 1. The number of aromatic nitrogens is 2. The molecule has 24 heavy (non-hydrogen) atoms. The van der Waals surface area contributed by atoms with E-state index in [0.29, 0.717) is 11.1 Å². The Morgan fingerprint density at radius 1 is 1.08 bits per heavy atom. The van der Waals surface area contributed by atoms with Crippen molar-refractivity contribution in [3.05, 3.63) is 43.3 Å². The van der Waals surface area contributed by atoms with Crippen LogP contribution < -0.4 is 10.6 Å². The molecular weight excluding hydrogens is 326 g/mol. The molecule has 0 bridgehead atoms. The zero-order valence-corrected chi connectivity index (χ0v) is 14.1. The average molecular weight is 345 g/mol. The van der Waals surface area contributed by atoms with Crippen molar-refractivity contribution in [2.45, 2.75) is 32.2 Å². The minimum absolute atomic E-state index is 0.0505. The van der Waals surface area contributed by atoms with Crippen LogP contribution in [0.2, 0.25) is 0 Å². The third kappa shape index (κ3) is 3.09. The van der Waals surface area contributed by atoms with E-state index in [-0.39, 0.29) is 4.87 Å². The Hall–Kier alpha value is -2.12. The average Bonchev–Trinajstić information content (AvgIpc) is 2.99. The van der Waals surface area contributed by atoms with Crippen molar-refractivity contribution in [3.8, 4) is 11.3 Å². The molecule has 6 nitrogen and oxygen atoms in total. The first kappa shape index (κ1) is 15.4. The van der Waals surface area contributed by atoms with E-state index in [1.54, 1.807) is 12.1 Å². The molecule has 4 rings (SSSR count). The van der Waals surface area contributed by atoms with Crippen LogP contribution in [0.25, 0.3) is 22.4 Å². The summed E-state index contributed by atoms with van der Waals surface area (Å²) in [6.45, 7) is 2.95. The predicted octanol–water partition coefficient (Wildman–Crippen LogP) is 2.91. The number of fused-ring (bicyclic) bond motifs is 1. The largest absolute Gasteiger partial charge is 0.417 e. The minimum Gasteiger partial charge on any atom is -0.408 e. The van der Waals surface area contributed by atoms with E-state index in [1.165, 1.54) is 37.0 Å². The summed E-state index contributed by atoms with van der Waals surface area (Å²) in [5.41, 5.74) is 2.87. The number of aromatic amines is 2. The van der Waals surface area contributed by atoms with E-state index in [4.69, 9.17) is 4.42 Å². The number of benzene rings is 1. The lowest BCUT2D eigenvalue weighted by atomic mass is 10.1. The Balaban J connectivity index is 1.68. The minimum atomic E-state index is -0.467. The molecule has 1 aliphatic rings. The molecule has 0 saturated carbocycles. The highest BCUT2D eigenvalue weighted by Gasteiger charge is 2.16. The van der Waals surface area contributed by atoms with Crippen molar-refractivity contribution in [2.75, 3.05) is 13.1 Å². The maximum Gasteiger partial charge on any atom is 0.417 e. The van der Waals surface area contributed by atoms with Gasteiger partial charge in [-0.2, -0.15) is 0 Å². The number of hydrogen-bond acceptors (Lipinski definition) is 5. The molecule has 3 aromatic rings. The van der Waals surface area contributed by atoms with Gasteiger partial charge < -0.3 is 9.40 Å². The third-order valence-electron chi connectivity index (χ3n) is 4.50. The number of thiazole rings is 1. The van der Waals surface area contributed by atoms with Gasteiger partial charge in [-0.25, -0.2) is 4.79 Å². The van der Waals surface area contributed by atoms with Crippen molar-refractivity contribution < 1.29 is 4.42 Å². The highest BCUT2D eigenvalue weighted by atomic mass is 32.1. The van der Waals surface area contributed by atoms with Gasteiger partial charge in [-0.05, 0) is 38.1 Å². The van der Waals surface area contributed by atoms with Gasteiger partial charge in [0.15, 0.2) is 5.58 Å². The summed E-state index contributed by atoms with van der Waals surface area (Å²) in [5.74, 6) is -0.467. The number of hydrogen-bond donors (Lipinski definition) is 2. The van der Waals surface area contributed by atoms with Crippen LogP contribution in [0, 0.1) is 0 Å². The van der Waals surface area contributed by atoms with E-state index in [9.17, 15) is 9.59 Å². The molecule has 0 amide bonds. The Kier molecular flexibility index (Phi) is 4.12. The van der Waals surface area contributed by atoms with Gasteiger partial charge in [-0.15, -0.1) is 0 Å². The van der Waals surface area contributed by atoms with Crippen molar-refractivity contribution in [3.63, 3.8) is 0 Å². The number of rotatable bonds is 3. The normalized spacial score (nSPS) is 16.5. The van der Waals surface area contributed by atoms with E-state index < -0.39 is 5.76 Å². The molecule has 0 radical (unpaired) electrons. The highest BCUT2D eigenvalue weighted by molar-refractivity contribution is 7.09. The maximum atomic E-state index is 11.9. The summed E-state index contributed by atoms with van der Waals surface area (Å²) < 4.78 is 5.13.